The Morgan fingerprint density at radius 1 is 1.17 bits per heavy atom. The second kappa shape index (κ2) is 9.26. The van der Waals surface area contributed by atoms with Crippen molar-refractivity contribution < 1.29 is 28.6 Å². The zero-order chi connectivity index (χ0) is 21.7. The Hall–Kier alpha value is -2.61. The minimum Gasteiger partial charge on any atom is -0.464 e. The number of rotatable bonds is 5. The van der Waals surface area contributed by atoms with Crippen molar-refractivity contribution in [3.05, 3.63) is 35.9 Å². The topological polar surface area (TPSA) is 94.2 Å². The van der Waals surface area contributed by atoms with Gasteiger partial charge >= 0.3 is 18.0 Å². The highest BCUT2D eigenvalue weighted by Gasteiger charge is 2.48. The lowest BCUT2D eigenvalue weighted by atomic mass is 9.90. The van der Waals surface area contributed by atoms with Crippen molar-refractivity contribution in [2.45, 2.75) is 64.8 Å². The van der Waals surface area contributed by atoms with E-state index < -0.39 is 35.2 Å². The third-order valence-corrected chi connectivity index (χ3v) is 4.47. The number of carbonyl (C=O) groups is 3. The molecule has 0 bridgehead atoms. The van der Waals surface area contributed by atoms with Gasteiger partial charge in [0, 0.05) is 6.42 Å². The first-order valence-electron chi connectivity index (χ1n) is 9.68. The van der Waals surface area contributed by atoms with E-state index in [-0.39, 0.29) is 26.3 Å². The molecule has 0 aliphatic carbocycles. The van der Waals surface area contributed by atoms with Gasteiger partial charge in [-0.15, -0.1) is 0 Å². The average Bonchev–Trinajstić information content (AvgIpc) is 2.65. The van der Waals surface area contributed by atoms with Gasteiger partial charge < -0.3 is 14.2 Å². The number of ether oxygens (including phenoxy) is 3. The number of hydrogen-bond donors (Lipinski definition) is 1. The summed E-state index contributed by atoms with van der Waals surface area (Å²) in [7, 11) is 0. The summed E-state index contributed by atoms with van der Waals surface area (Å²) in [6, 6.07) is 8.36. The van der Waals surface area contributed by atoms with Crippen LogP contribution < -0.4 is 5.32 Å². The highest BCUT2D eigenvalue weighted by Crippen LogP contribution is 2.26. The fourth-order valence-electron chi connectivity index (χ4n) is 2.94. The molecular formula is C21H30N2O6. The number of benzene rings is 1. The normalized spacial score (nSPS) is 22.0. The second-order valence-corrected chi connectivity index (χ2v) is 8.15. The van der Waals surface area contributed by atoms with Crippen molar-refractivity contribution in [1.82, 2.24) is 10.2 Å². The van der Waals surface area contributed by atoms with Crippen LogP contribution in [0.25, 0.3) is 0 Å². The summed E-state index contributed by atoms with van der Waals surface area (Å²) in [5, 5.41) is 3.02. The SMILES string of the molecule is CCOC(=O)[C@H]1C[C@](C)(C(=O)OCc2ccccc2)NCN1C(=O)OC(C)(C)C. The van der Waals surface area contributed by atoms with Gasteiger partial charge in [-0.25, -0.2) is 9.59 Å². The summed E-state index contributed by atoms with van der Waals surface area (Å²) in [6.07, 6.45) is -0.638. The summed E-state index contributed by atoms with van der Waals surface area (Å²) < 4.78 is 16.0. The Kier molecular flexibility index (Phi) is 7.24. The van der Waals surface area contributed by atoms with E-state index in [9.17, 15) is 14.4 Å². The summed E-state index contributed by atoms with van der Waals surface area (Å²) >= 11 is 0. The van der Waals surface area contributed by atoms with Crippen molar-refractivity contribution in [2.24, 2.45) is 0 Å². The minimum absolute atomic E-state index is 0.0126. The lowest BCUT2D eigenvalue weighted by molar-refractivity contribution is -0.160. The van der Waals surface area contributed by atoms with E-state index in [1.54, 1.807) is 34.6 Å². The first-order valence-corrected chi connectivity index (χ1v) is 9.68. The maximum atomic E-state index is 12.8. The molecule has 0 aromatic heterocycles. The highest BCUT2D eigenvalue weighted by atomic mass is 16.6. The first kappa shape index (κ1) is 22.7. The molecule has 1 aromatic rings. The Bertz CT molecular complexity index is 730. The predicted molar refractivity (Wildman–Crippen MR) is 106 cm³/mol. The van der Waals surface area contributed by atoms with Crippen molar-refractivity contribution in [2.75, 3.05) is 13.3 Å². The van der Waals surface area contributed by atoms with Gasteiger partial charge in [0.15, 0.2) is 0 Å². The Morgan fingerprint density at radius 2 is 1.83 bits per heavy atom. The molecule has 0 saturated carbocycles. The largest absolute Gasteiger partial charge is 0.464 e. The third-order valence-electron chi connectivity index (χ3n) is 4.47. The fourth-order valence-corrected chi connectivity index (χ4v) is 2.94. The van der Waals surface area contributed by atoms with Gasteiger partial charge in [-0.1, -0.05) is 30.3 Å². The predicted octanol–water partition coefficient (Wildman–Crippen LogP) is 2.61. The van der Waals surface area contributed by atoms with Crippen LogP contribution >= 0.6 is 0 Å². The van der Waals surface area contributed by atoms with Crippen LogP contribution in [0.2, 0.25) is 0 Å². The van der Waals surface area contributed by atoms with Crippen molar-refractivity contribution in [3.8, 4) is 0 Å². The van der Waals surface area contributed by atoms with Crippen LogP contribution in [0.3, 0.4) is 0 Å². The van der Waals surface area contributed by atoms with Gasteiger partial charge in [0.1, 0.15) is 23.8 Å². The van der Waals surface area contributed by atoms with Crippen LogP contribution in [-0.4, -0.2) is 53.4 Å². The quantitative estimate of drug-likeness (QED) is 0.593. The molecule has 160 valence electrons. The molecule has 1 amide bonds. The van der Waals surface area contributed by atoms with E-state index in [1.807, 2.05) is 30.3 Å². The first-order chi connectivity index (χ1) is 13.6. The number of nitrogens with zero attached hydrogens (tertiary/aromatic N) is 1. The molecule has 8 heteroatoms. The fraction of sp³-hybridized carbons (Fsp3) is 0.571. The monoisotopic (exact) mass is 406 g/mol. The van der Waals surface area contributed by atoms with Crippen LogP contribution in [0.4, 0.5) is 4.79 Å². The number of esters is 2. The summed E-state index contributed by atoms with van der Waals surface area (Å²) in [5.41, 5.74) is -1.01. The molecule has 1 N–H and O–H groups in total. The van der Waals surface area contributed by atoms with Crippen LogP contribution in [0.15, 0.2) is 30.3 Å². The Labute approximate surface area is 171 Å². The second-order valence-electron chi connectivity index (χ2n) is 8.15. The molecule has 8 nitrogen and oxygen atoms in total. The minimum atomic E-state index is -1.15. The smallest absolute Gasteiger partial charge is 0.412 e. The van der Waals surface area contributed by atoms with Crippen LogP contribution in [0.1, 0.15) is 46.6 Å². The van der Waals surface area contributed by atoms with E-state index in [0.29, 0.717) is 0 Å². The molecule has 2 atom stereocenters. The number of nitrogens with one attached hydrogen (secondary N) is 1. The standard InChI is InChI=1S/C21H30N2O6/c1-6-27-17(24)16-12-21(5,18(25)28-13-15-10-8-7-9-11-15)22-14-23(16)19(26)29-20(2,3)4/h7-11,16,22H,6,12-14H2,1-5H3/t16-,21-/m1/s1. The Balaban J connectivity index is 2.12. The van der Waals surface area contributed by atoms with E-state index in [2.05, 4.69) is 5.32 Å². The van der Waals surface area contributed by atoms with Crippen LogP contribution in [0.5, 0.6) is 0 Å². The molecule has 2 rings (SSSR count). The molecule has 29 heavy (non-hydrogen) atoms. The zero-order valence-electron chi connectivity index (χ0n) is 17.7. The molecule has 1 heterocycles. The molecule has 1 aliphatic rings. The number of carbonyl (C=O) groups excluding carboxylic acids is 3. The highest BCUT2D eigenvalue weighted by molar-refractivity contribution is 5.86. The number of amides is 1. The van der Waals surface area contributed by atoms with Crippen molar-refractivity contribution >= 4 is 18.0 Å². The molecule has 1 fully saturated rings. The van der Waals surface area contributed by atoms with Crippen LogP contribution in [-0.2, 0) is 30.4 Å². The average molecular weight is 406 g/mol. The van der Waals surface area contributed by atoms with E-state index >= 15 is 0 Å². The van der Waals surface area contributed by atoms with Gasteiger partial charge in [0.25, 0.3) is 0 Å². The maximum Gasteiger partial charge on any atom is 0.412 e. The van der Waals surface area contributed by atoms with E-state index in [1.165, 1.54) is 4.90 Å². The molecule has 1 aromatic carbocycles. The molecule has 0 spiro atoms. The summed E-state index contributed by atoms with van der Waals surface area (Å²) in [6.45, 7) is 8.81. The molecule has 1 aliphatic heterocycles. The zero-order valence-corrected chi connectivity index (χ0v) is 17.7. The number of hydrogen-bond acceptors (Lipinski definition) is 7. The maximum absolute atomic E-state index is 12.8. The van der Waals surface area contributed by atoms with E-state index in [0.717, 1.165) is 5.56 Å². The van der Waals surface area contributed by atoms with Crippen molar-refractivity contribution in [3.63, 3.8) is 0 Å². The lowest BCUT2D eigenvalue weighted by Crippen LogP contribution is -2.66. The lowest BCUT2D eigenvalue weighted by Gasteiger charge is -2.43. The van der Waals surface area contributed by atoms with Gasteiger partial charge in [-0.05, 0) is 40.2 Å². The van der Waals surface area contributed by atoms with Gasteiger partial charge in [0.2, 0.25) is 0 Å². The van der Waals surface area contributed by atoms with Crippen LogP contribution in [0, 0.1) is 0 Å². The Morgan fingerprint density at radius 3 is 2.41 bits per heavy atom. The molecule has 0 unspecified atom stereocenters. The van der Waals surface area contributed by atoms with Crippen molar-refractivity contribution in [1.29, 1.82) is 0 Å². The van der Waals surface area contributed by atoms with Gasteiger partial charge in [-0.2, -0.15) is 0 Å². The van der Waals surface area contributed by atoms with Gasteiger partial charge in [-0.3, -0.25) is 15.0 Å². The van der Waals surface area contributed by atoms with Gasteiger partial charge in [0.05, 0.1) is 13.3 Å². The third kappa shape index (κ3) is 6.19. The molecular weight excluding hydrogens is 376 g/mol. The summed E-state index contributed by atoms with van der Waals surface area (Å²) in [5.74, 6) is -1.08. The van der Waals surface area contributed by atoms with E-state index in [4.69, 9.17) is 14.2 Å². The molecule has 0 radical (unpaired) electrons. The summed E-state index contributed by atoms with van der Waals surface area (Å²) in [4.78, 5) is 39.1. The molecule has 1 saturated heterocycles.